The van der Waals surface area contributed by atoms with E-state index in [0.717, 1.165) is 11.1 Å². The topological polar surface area (TPSA) is 75.6 Å². The van der Waals surface area contributed by atoms with Crippen molar-refractivity contribution in [2.45, 2.75) is 13.8 Å². The number of esters is 1. The third-order valence-electron chi connectivity index (χ3n) is 3.16. The highest BCUT2D eigenvalue weighted by molar-refractivity contribution is 9.11. The van der Waals surface area contributed by atoms with Gasteiger partial charge in [0.05, 0.1) is 5.69 Å². The molecule has 0 aliphatic rings. The molecule has 0 saturated heterocycles. The van der Waals surface area contributed by atoms with Gasteiger partial charge in [-0.1, -0.05) is 11.6 Å². The van der Waals surface area contributed by atoms with Gasteiger partial charge in [-0.3, -0.25) is 4.79 Å². The summed E-state index contributed by atoms with van der Waals surface area (Å²) in [5.74, 6) is -1.43. The van der Waals surface area contributed by atoms with Crippen molar-refractivity contribution in [3.8, 4) is 5.75 Å². The average molecular weight is 457 g/mol. The van der Waals surface area contributed by atoms with E-state index in [1.54, 1.807) is 13.0 Å². The van der Waals surface area contributed by atoms with Crippen LogP contribution in [0.5, 0.6) is 5.75 Å². The van der Waals surface area contributed by atoms with Gasteiger partial charge in [0.25, 0.3) is 5.91 Å². The third-order valence-corrected chi connectivity index (χ3v) is 4.41. The molecular formula is C17H15Br2NO4. The normalized spacial score (nSPS) is 10.3. The summed E-state index contributed by atoms with van der Waals surface area (Å²) in [6, 6.07) is 8.30. The van der Waals surface area contributed by atoms with Gasteiger partial charge in [0, 0.05) is 8.95 Å². The highest BCUT2D eigenvalue weighted by Crippen LogP contribution is 2.32. The number of hydrogen-bond donors (Lipinski definition) is 2. The summed E-state index contributed by atoms with van der Waals surface area (Å²) in [5, 5.41) is 12.4. The Bertz CT molecular complexity index is 782. The number of halogens is 2. The van der Waals surface area contributed by atoms with E-state index in [1.807, 2.05) is 19.1 Å². The fourth-order valence-corrected chi connectivity index (χ4v) is 3.63. The predicted octanol–water partition coefficient (Wildman–Crippen LogP) is 4.33. The van der Waals surface area contributed by atoms with Crippen molar-refractivity contribution in [2.24, 2.45) is 0 Å². The largest absolute Gasteiger partial charge is 0.507 e. The highest BCUT2D eigenvalue weighted by atomic mass is 79.9. The maximum Gasteiger partial charge on any atom is 0.342 e. The Labute approximate surface area is 156 Å². The van der Waals surface area contributed by atoms with E-state index in [0.29, 0.717) is 14.6 Å². The number of benzene rings is 2. The second kappa shape index (κ2) is 7.81. The van der Waals surface area contributed by atoms with Crippen molar-refractivity contribution >= 4 is 49.4 Å². The van der Waals surface area contributed by atoms with Gasteiger partial charge in [0.1, 0.15) is 11.3 Å². The first-order chi connectivity index (χ1) is 11.3. The van der Waals surface area contributed by atoms with E-state index >= 15 is 0 Å². The van der Waals surface area contributed by atoms with Crippen LogP contribution in [0.1, 0.15) is 21.5 Å². The molecule has 2 rings (SSSR count). The number of aromatic hydroxyl groups is 1. The van der Waals surface area contributed by atoms with Crippen LogP contribution in [0.3, 0.4) is 0 Å². The van der Waals surface area contributed by atoms with Gasteiger partial charge in [-0.2, -0.15) is 0 Å². The van der Waals surface area contributed by atoms with E-state index in [9.17, 15) is 14.7 Å². The van der Waals surface area contributed by atoms with E-state index in [2.05, 4.69) is 37.2 Å². The molecule has 0 heterocycles. The number of ether oxygens (including phenoxy) is 1. The van der Waals surface area contributed by atoms with Crippen LogP contribution in [0, 0.1) is 13.8 Å². The summed E-state index contributed by atoms with van der Waals surface area (Å²) in [5.41, 5.74) is 2.41. The van der Waals surface area contributed by atoms with Crippen molar-refractivity contribution in [1.29, 1.82) is 0 Å². The van der Waals surface area contributed by atoms with Gasteiger partial charge in [-0.05, 0) is 75.5 Å². The maximum atomic E-state index is 12.0. The standard InChI is InChI=1S/C17H15Br2NO4/c1-9-3-4-14(21)11(5-9)17(23)24-8-15(22)20-16-12(18)6-10(2)7-13(16)19/h3-7,21H,8H2,1-2H3,(H,20,22). The number of phenols is 1. The molecule has 0 aliphatic carbocycles. The summed E-state index contributed by atoms with van der Waals surface area (Å²) >= 11 is 6.75. The molecule has 0 atom stereocenters. The van der Waals surface area contributed by atoms with E-state index in [-0.39, 0.29) is 11.3 Å². The zero-order valence-electron chi connectivity index (χ0n) is 13.0. The van der Waals surface area contributed by atoms with Gasteiger partial charge in [-0.25, -0.2) is 4.79 Å². The number of nitrogens with one attached hydrogen (secondary N) is 1. The molecule has 0 unspecified atom stereocenters. The first-order valence-corrected chi connectivity index (χ1v) is 8.58. The molecule has 1 amide bonds. The minimum Gasteiger partial charge on any atom is -0.507 e. The molecule has 0 saturated carbocycles. The van der Waals surface area contributed by atoms with Crippen LogP contribution in [-0.2, 0) is 9.53 Å². The maximum absolute atomic E-state index is 12.0. The zero-order chi connectivity index (χ0) is 17.9. The molecule has 2 aromatic carbocycles. The lowest BCUT2D eigenvalue weighted by Gasteiger charge is -2.11. The molecule has 126 valence electrons. The quantitative estimate of drug-likeness (QED) is 0.671. The van der Waals surface area contributed by atoms with Crippen molar-refractivity contribution in [3.63, 3.8) is 0 Å². The molecule has 2 aromatic rings. The van der Waals surface area contributed by atoms with Gasteiger partial charge in [0.2, 0.25) is 0 Å². The van der Waals surface area contributed by atoms with Gasteiger partial charge in [0.15, 0.2) is 6.61 Å². The SMILES string of the molecule is Cc1cc(Br)c(NC(=O)COC(=O)c2cc(C)ccc2O)c(Br)c1. The second-order valence-electron chi connectivity index (χ2n) is 5.25. The number of aryl methyl sites for hydroxylation is 2. The number of hydrogen-bond acceptors (Lipinski definition) is 4. The Morgan fingerprint density at radius 2 is 1.71 bits per heavy atom. The molecular weight excluding hydrogens is 442 g/mol. The number of phenolic OH excluding ortho intramolecular Hbond substituents is 1. The molecule has 7 heteroatoms. The molecule has 0 bridgehead atoms. The summed E-state index contributed by atoms with van der Waals surface area (Å²) in [6.45, 7) is 3.26. The lowest BCUT2D eigenvalue weighted by atomic mass is 10.1. The Hall–Kier alpha value is -1.86. The Balaban J connectivity index is 2.01. The molecule has 0 aliphatic heterocycles. The van der Waals surface area contributed by atoms with Crippen LogP contribution in [0.4, 0.5) is 5.69 Å². The van der Waals surface area contributed by atoms with E-state index in [4.69, 9.17) is 4.74 Å². The molecule has 5 nitrogen and oxygen atoms in total. The lowest BCUT2D eigenvalue weighted by Crippen LogP contribution is -2.21. The Morgan fingerprint density at radius 1 is 1.08 bits per heavy atom. The fourth-order valence-electron chi connectivity index (χ4n) is 2.02. The lowest BCUT2D eigenvalue weighted by molar-refractivity contribution is -0.119. The third kappa shape index (κ3) is 4.58. The van der Waals surface area contributed by atoms with Crippen LogP contribution < -0.4 is 5.32 Å². The van der Waals surface area contributed by atoms with Crippen LogP contribution in [0.25, 0.3) is 0 Å². The van der Waals surface area contributed by atoms with Crippen LogP contribution >= 0.6 is 31.9 Å². The molecule has 0 spiro atoms. The van der Waals surface area contributed by atoms with Crippen molar-refractivity contribution in [3.05, 3.63) is 56.0 Å². The minimum absolute atomic E-state index is 0.0282. The summed E-state index contributed by atoms with van der Waals surface area (Å²) < 4.78 is 6.39. The summed E-state index contributed by atoms with van der Waals surface area (Å²) in [4.78, 5) is 24.0. The van der Waals surface area contributed by atoms with Gasteiger partial charge in [-0.15, -0.1) is 0 Å². The molecule has 0 radical (unpaired) electrons. The van der Waals surface area contributed by atoms with Crippen molar-refractivity contribution < 1.29 is 19.4 Å². The van der Waals surface area contributed by atoms with Crippen LogP contribution in [0.15, 0.2) is 39.3 Å². The van der Waals surface area contributed by atoms with Gasteiger partial charge < -0.3 is 15.2 Å². The number of amides is 1. The smallest absolute Gasteiger partial charge is 0.342 e. The number of rotatable bonds is 4. The van der Waals surface area contributed by atoms with Gasteiger partial charge >= 0.3 is 5.97 Å². The molecule has 0 fully saturated rings. The fraction of sp³-hybridized carbons (Fsp3) is 0.176. The predicted molar refractivity (Wildman–Crippen MR) is 98.3 cm³/mol. The molecule has 24 heavy (non-hydrogen) atoms. The Kier molecular flexibility index (Phi) is 6.01. The van der Waals surface area contributed by atoms with Crippen LogP contribution in [-0.4, -0.2) is 23.6 Å². The van der Waals surface area contributed by atoms with E-state index in [1.165, 1.54) is 12.1 Å². The monoisotopic (exact) mass is 455 g/mol. The summed E-state index contributed by atoms with van der Waals surface area (Å²) in [6.07, 6.45) is 0. The minimum atomic E-state index is -0.756. The number of carbonyl (C=O) groups excluding carboxylic acids is 2. The van der Waals surface area contributed by atoms with Crippen molar-refractivity contribution in [1.82, 2.24) is 0 Å². The number of carbonyl (C=O) groups is 2. The van der Waals surface area contributed by atoms with Crippen LogP contribution in [0.2, 0.25) is 0 Å². The number of anilines is 1. The molecule has 0 aromatic heterocycles. The first kappa shape index (κ1) is 18.5. The second-order valence-corrected chi connectivity index (χ2v) is 6.96. The molecule has 2 N–H and O–H groups in total. The van der Waals surface area contributed by atoms with Crippen molar-refractivity contribution in [2.75, 3.05) is 11.9 Å². The van der Waals surface area contributed by atoms with E-state index < -0.39 is 18.5 Å². The average Bonchev–Trinajstić information content (AvgIpc) is 2.50. The zero-order valence-corrected chi connectivity index (χ0v) is 16.2. The first-order valence-electron chi connectivity index (χ1n) is 7.00. The highest BCUT2D eigenvalue weighted by Gasteiger charge is 2.16. The Morgan fingerprint density at radius 3 is 2.33 bits per heavy atom. The summed E-state index contributed by atoms with van der Waals surface area (Å²) in [7, 11) is 0.